The van der Waals surface area contributed by atoms with Crippen LogP contribution in [0.25, 0.3) is 0 Å². The molecule has 1 N–H and O–H groups in total. The maximum Gasteiger partial charge on any atom is 0.243 e. The highest BCUT2D eigenvalue weighted by atomic mass is 32.2. The summed E-state index contributed by atoms with van der Waals surface area (Å²) >= 11 is 0. The second-order valence-corrected chi connectivity index (χ2v) is 12.4. The maximum absolute atomic E-state index is 13.2. The lowest BCUT2D eigenvalue weighted by Crippen LogP contribution is -2.54. The number of nitrogens with zero attached hydrogens (tertiary/aromatic N) is 1. The van der Waals surface area contributed by atoms with Gasteiger partial charge in [-0.15, -0.1) is 0 Å². The summed E-state index contributed by atoms with van der Waals surface area (Å²) in [4.78, 5) is 13.5. The number of ether oxygens (including phenoxy) is 1. The summed E-state index contributed by atoms with van der Waals surface area (Å²) in [5, 5.41) is 3.29. The third-order valence-electron chi connectivity index (χ3n) is 8.34. The van der Waals surface area contributed by atoms with E-state index in [1.54, 1.807) is 35.7 Å². The molecule has 0 spiro atoms. The van der Waals surface area contributed by atoms with Gasteiger partial charge in [0.15, 0.2) is 0 Å². The Morgan fingerprint density at radius 1 is 1.03 bits per heavy atom. The summed E-state index contributed by atoms with van der Waals surface area (Å²) in [6, 6.07) is 6.57. The van der Waals surface area contributed by atoms with Crippen LogP contribution in [0.2, 0.25) is 0 Å². The van der Waals surface area contributed by atoms with Crippen LogP contribution < -0.4 is 10.1 Å². The van der Waals surface area contributed by atoms with Crippen LogP contribution in [0.4, 0.5) is 0 Å². The number of benzene rings is 1. The molecule has 1 aromatic rings. The van der Waals surface area contributed by atoms with Crippen LogP contribution in [0.3, 0.4) is 0 Å². The quantitative estimate of drug-likeness (QED) is 0.726. The van der Waals surface area contributed by atoms with Gasteiger partial charge in [0, 0.05) is 25.0 Å². The minimum absolute atomic E-state index is 0.104. The van der Waals surface area contributed by atoms with Gasteiger partial charge in [0.25, 0.3) is 0 Å². The highest BCUT2D eigenvalue weighted by Crippen LogP contribution is 2.60. The molecule has 1 aliphatic heterocycles. The van der Waals surface area contributed by atoms with Gasteiger partial charge in [0.05, 0.1) is 12.0 Å². The van der Waals surface area contributed by atoms with Crippen LogP contribution >= 0.6 is 0 Å². The second-order valence-electron chi connectivity index (χ2n) is 10.4. The van der Waals surface area contributed by atoms with Crippen molar-refractivity contribution in [1.29, 1.82) is 0 Å². The summed E-state index contributed by atoms with van der Waals surface area (Å²) in [5.41, 5.74) is -0.104. The van der Waals surface area contributed by atoms with Crippen molar-refractivity contribution in [2.24, 2.45) is 29.1 Å². The largest absolute Gasteiger partial charge is 0.497 e. The molecule has 7 heteroatoms. The van der Waals surface area contributed by atoms with Gasteiger partial charge in [-0.1, -0.05) is 0 Å². The number of rotatable bonds is 6. The molecule has 0 aromatic heterocycles. The first kappa shape index (κ1) is 21.3. The Bertz CT molecular complexity index is 884. The fourth-order valence-electron chi connectivity index (χ4n) is 7.06. The van der Waals surface area contributed by atoms with E-state index in [0.29, 0.717) is 36.2 Å². The van der Waals surface area contributed by atoms with Crippen molar-refractivity contribution < 1.29 is 17.9 Å². The van der Waals surface area contributed by atoms with Gasteiger partial charge in [0.2, 0.25) is 15.9 Å². The number of methoxy groups -OCH3 is 1. The first-order valence-corrected chi connectivity index (χ1v) is 13.2. The molecule has 170 valence electrons. The third-order valence-corrected chi connectivity index (χ3v) is 10.3. The second kappa shape index (κ2) is 8.07. The minimum atomic E-state index is -3.48. The van der Waals surface area contributed by atoms with Crippen molar-refractivity contribution in [2.75, 3.05) is 26.7 Å². The highest BCUT2D eigenvalue weighted by Gasteiger charge is 2.54. The first-order chi connectivity index (χ1) is 14.9. The van der Waals surface area contributed by atoms with Crippen molar-refractivity contribution >= 4 is 15.9 Å². The van der Waals surface area contributed by atoms with E-state index in [2.05, 4.69) is 5.32 Å². The fraction of sp³-hybridized carbons (Fsp3) is 0.708. The topological polar surface area (TPSA) is 75.7 Å². The molecule has 4 aliphatic carbocycles. The van der Waals surface area contributed by atoms with Gasteiger partial charge in [0.1, 0.15) is 5.75 Å². The summed E-state index contributed by atoms with van der Waals surface area (Å²) in [6.07, 6.45) is 8.86. The normalized spacial score (nSPS) is 33.4. The van der Waals surface area contributed by atoms with E-state index in [9.17, 15) is 13.2 Å². The smallest absolute Gasteiger partial charge is 0.243 e. The molecular formula is C24H34N2O4S. The molecule has 4 bridgehead atoms. The predicted octanol–water partition coefficient (Wildman–Crippen LogP) is 3.43. The van der Waals surface area contributed by atoms with Crippen molar-refractivity contribution in [2.45, 2.75) is 56.3 Å². The molecule has 5 aliphatic rings. The van der Waals surface area contributed by atoms with Crippen molar-refractivity contribution in [3.63, 3.8) is 0 Å². The van der Waals surface area contributed by atoms with Gasteiger partial charge in [-0.3, -0.25) is 4.79 Å². The van der Waals surface area contributed by atoms with Gasteiger partial charge in [-0.2, -0.15) is 4.31 Å². The zero-order valence-corrected chi connectivity index (χ0v) is 19.2. The van der Waals surface area contributed by atoms with Crippen molar-refractivity contribution in [1.82, 2.24) is 9.62 Å². The van der Waals surface area contributed by atoms with Crippen LogP contribution in [0, 0.1) is 29.1 Å². The average molecular weight is 447 g/mol. The molecular weight excluding hydrogens is 412 g/mol. The lowest BCUT2D eigenvalue weighted by Gasteiger charge is -2.55. The summed E-state index contributed by atoms with van der Waals surface area (Å²) in [5.74, 6) is 3.57. The number of nitrogens with one attached hydrogen (secondary N) is 1. The molecule has 31 heavy (non-hydrogen) atoms. The van der Waals surface area contributed by atoms with Gasteiger partial charge < -0.3 is 10.1 Å². The zero-order chi connectivity index (χ0) is 21.6. The molecule has 0 atom stereocenters. The Morgan fingerprint density at radius 2 is 1.58 bits per heavy atom. The number of piperidine rings is 1. The van der Waals surface area contributed by atoms with Crippen molar-refractivity contribution in [3.05, 3.63) is 24.3 Å². The number of sulfonamides is 1. The molecule has 4 saturated carbocycles. The molecule has 5 fully saturated rings. The van der Waals surface area contributed by atoms with Crippen LogP contribution in [-0.4, -0.2) is 45.4 Å². The molecule has 1 amide bonds. The first-order valence-electron chi connectivity index (χ1n) is 11.8. The van der Waals surface area contributed by atoms with Crippen LogP contribution in [0.1, 0.15) is 51.4 Å². The Morgan fingerprint density at radius 3 is 2.10 bits per heavy atom. The Kier molecular flexibility index (Phi) is 5.53. The van der Waals surface area contributed by atoms with E-state index in [1.165, 1.54) is 19.3 Å². The predicted molar refractivity (Wildman–Crippen MR) is 118 cm³/mol. The summed E-state index contributed by atoms with van der Waals surface area (Å²) in [7, 11) is -1.92. The van der Waals surface area contributed by atoms with E-state index in [-0.39, 0.29) is 11.3 Å². The van der Waals surface area contributed by atoms with Crippen LogP contribution in [0.15, 0.2) is 29.2 Å². The summed E-state index contributed by atoms with van der Waals surface area (Å²) in [6.45, 7) is 1.69. The fourth-order valence-corrected chi connectivity index (χ4v) is 8.53. The molecule has 0 unspecified atom stereocenters. The van der Waals surface area contributed by atoms with E-state index < -0.39 is 10.0 Å². The van der Waals surface area contributed by atoms with E-state index in [1.807, 2.05) is 0 Å². The Labute approximate surface area is 185 Å². The van der Waals surface area contributed by atoms with Gasteiger partial charge in [-0.25, -0.2) is 8.42 Å². The number of hydrogen-bond donors (Lipinski definition) is 1. The average Bonchev–Trinajstić information content (AvgIpc) is 2.77. The number of hydrogen-bond acceptors (Lipinski definition) is 4. The lowest BCUT2D eigenvalue weighted by molar-refractivity contribution is -0.146. The molecule has 1 heterocycles. The molecule has 6 rings (SSSR count). The SMILES string of the molecule is COc1ccc(S(=O)(=O)N2CCC(CNC(=O)C34CC5CC(CC(C5)C3)C4)CC2)cc1. The monoisotopic (exact) mass is 446 g/mol. The van der Waals surface area contributed by atoms with Crippen LogP contribution in [0.5, 0.6) is 5.75 Å². The maximum atomic E-state index is 13.2. The molecule has 1 saturated heterocycles. The highest BCUT2D eigenvalue weighted by molar-refractivity contribution is 7.89. The Hall–Kier alpha value is -1.60. The van der Waals surface area contributed by atoms with Crippen LogP contribution in [-0.2, 0) is 14.8 Å². The van der Waals surface area contributed by atoms with Crippen molar-refractivity contribution in [3.8, 4) is 5.75 Å². The summed E-state index contributed by atoms with van der Waals surface area (Å²) < 4.78 is 32.6. The molecule has 0 radical (unpaired) electrons. The van der Waals surface area contributed by atoms with E-state index in [0.717, 1.165) is 49.9 Å². The Balaban J connectivity index is 1.14. The lowest BCUT2D eigenvalue weighted by atomic mass is 9.49. The third kappa shape index (κ3) is 3.99. The van der Waals surface area contributed by atoms with Gasteiger partial charge >= 0.3 is 0 Å². The van der Waals surface area contributed by atoms with E-state index >= 15 is 0 Å². The minimum Gasteiger partial charge on any atom is -0.497 e. The van der Waals surface area contributed by atoms with Gasteiger partial charge in [-0.05, 0) is 99.3 Å². The van der Waals surface area contributed by atoms with E-state index in [4.69, 9.17) is 4.74 Å². The molecule has 1 aromatic carbocycles. The number of amides is 1. The molecule has 6 nitrogen and oxygen atoms in total. The number of carbonyl (C=O) groups excluding carboxylic acids is 1. The zero-order valence-electron chi connectivity index (χ0n) is 18.4. The standard InChI is InChI=1S/C24H34N2O4S/c1-30-21-2-4-22(5-3-21)31(28,29)26-8-6-17(7-9-26)16-25-23(27)24-13-18-10-19(14-24)12-20(11-18)15-24/h2-5,17-20H,6-16H2,1H3,(H,25,27). The number of carbonyl (C=O) groups is 1.